The number of hydrogen-bond acceptors (Lipinski definition) is 8. The Morgan fingerprint density at radius 3 is 1.91 bits per heavy atom. The number of ether oxygens (including phenoxy) is 1. The molecule has 0 aliphatic carbocycles. The van der Waals surface area contributed by atoms with Crippen molar-refractivity contribution in [3.63, 3.8) is 0 Å². The third-order valence-corrected chi connectivity index (χ3v) is 5.54. The second-order valence-electron chi connectivity index (χ2n) is 7.31. The number of methoxy groups -OCH3 is 1. The normalized spacial score (nSPS) is 11.8. The summed E-state index contributed by atoms with van der Waals surface area (Å²) in [5, 5.41) is 0. The number of halogens is 1. The Kier molecular flexibility index (Phi) is 6.57. The zero-order chi connectivity index (χ0) is 24.6. The number of rotatable bonds is 7. The van der Waals surface area contributed by atoms with Crippen LogP contribution in [0.5, 0.6) is 17.2 Å². The SMILES string of the molecule is COc1c(-c2ccc(OS(C)(=O)=O)cc2)cc(C)c(-c2ccc(N)c(F)c2)c1OS(C)(=O)=O. The van der Waals surface area contributed by atoms with Crippen LogP contribution in [0.3, 0.4) is 0 Å². The van der Waals surface area contributed by atoms with E-state index in [4.69, 9.17) is 18.8 Å². The summed E-state index contributed by atoms with van der Waals surface area (Å²) in [5.74, 6) is -0.578. The summed E-state index contributed by atoms with van der Waals surface area (Å²) in [6, 6.07) is 11.9. The Bertz CT molecular complexity index is 1420. The molecule has 3 rings (SSSR count). The van der Waals surface area contributed by atoms with Gasteiger partial charge in [0.25, 0.3) is 0 Å². The van der Waals surface area contributed by atoms with E-state index in [-0.39, 0.29) is 22.9 Å². The predicted molar refractivity (Wildman–Crippen MR) is 124 cm³/mol. The maximum Gasteiger partial charge on any atom is 0.306 e. The van der Waals surface area contributed by atoms with Crippen molar-refractivity contribution in [2.75, 3.05) is 25.4 Å². The second kappa shape index (κ2) is 8.91. The van der Waals surface area contributed by atoms with Crippen LogP contribution in [0, 0.1) is 12.7 Å². The molecule has 0 unspecified atom stereocenters. The van der Waals surface area contributed by atoms with Crippen LogP contribution in [0.15, 0.2) is 48.5 Å². The lowest BCUT2D eigenvalue weighted by Gasteiger charge is -2.20. The van der Waals surface area contributed by atoms with Crippen LogP contribution in [0.4, 0.5) is 10.1 Å². The molecule has 3 aromatic carbocycles. The molecule has 0 bridgehead atoms. The van der Waals surface area contributed by atoms with E-state index in [1.165, 1.54) is 31.4 Å². The van der Waals surface area contributed by atoms with Crippen molar-refractivity contribution in [1.82, 2.24) is 0 Å². The zero-order valence-corrected chi connectivity index (χ0v) is 19.9. The predicted octanol–water partition coefficient (Wildman–Crippen LogP) is 3.74. The second-order valence-corrected chi connectivity index (χ2v) is 10.5. The molecule has 0 radical (unpaired) electrons. The lowest BCUT2D eigenvalue weighted by molar-refractivity contribution is 0.393. The minimum Gasteiger partial charge on any atom is -0.492 e. The molecule has 2 N–H and O–H groups in total. The molecule has 0 aromatic heterocycles. The molecule has 0 saturated carbocycles. The van der Waals surface area contributed by atoms with Gasteiger partial charge in [0.2, 0.25) is 0 Å². The molecule has 0 aliphatic heterocycles. The first-order chi connectivity index (χ1) is 15.3. The van der Waals surface area contributed by atoms with E-state index in [0.717, 1.165) is 12.5 Å². The zero-order valence-electron chi connectivity index (χ0n) is 18.2. The first kappa shape index (κ1) is 24.3. The quantitative estimate of drug-likeness (QED) is 0.389. The van der Waals surface area contributed by atoms with Gasteiger partial charge in [0, 0.05) is 11.1 Å². The van der Waals surface area contributed by atoms with Gasteiger partial charge in [-0.15, -0.1) is 0 Å². The highest BCUT2D eigenvalue weighted by atomic mass is 32.2. The highest BCUT2D eigenvalue weighted by Crippen LogP contribution is 2.47. The summed E-state index contributed by atoms with van der Waals surface area (Å²) in [7, 11) is -6.34. The summed E-state index contributed by atoms with van der Waals surface area (Å²) < 4.78 is 76.7. The minimum absolute atomic E-state index is 0.0537. The summed E-state index contributed by atoms with van der Waals surface area (Å²) in [5.41, 5.74) is 7.81. The fourth-order valence-corrected chi connectivity index (χ4v) is 4.25. The van der Waals surface area contributed by atoms with E-state index >= 15 is 0 Å². The third-order valence-electron chi connectivity index (χ3n) is 4.57. The average molecular weight is 496 g/mol. The lowest BCUT2D eigenvalue weighted by Crippen LogP contribution is -2.09. The van der Waals surface area contributed by atoms with E-state index in [1.54, 1.807) is 31.2 Å². The topological polar surface area (TPSA) is 122 Å². The Labute approximate surface area is 192 Å². The minimum atomic E-state index is -3.99. The number of nitrogens with two attached hydrogens (primary N) is 1. The molecule has 33 heavy (non-hydrogen) atoms. The lowest BCUT2D eigenvalue weighted by atomic mass is 9.93. The molecule has 8 nitrogen and oxygen atoms in total. The smallest absolute Gasteiger partial charge is 0.306 e. The van der Waals surface area contributed by atoms with Gasteiger partial charge in [-0.3, -0.25) is 0 Å². The van der Waals surface area contributed by atoms with Crippen molar-refractivity contribution in [2.45, 2.75) is 6.92 Å². The summed E-state index contributed by atoms with van der Waals surface area (Å²) in [6.07, 6.45) is 1.82. The van der Waals surface area contributed by atoms with Crippen molar-refractivity contribution >= 4 is 25.9 Å². The Morgan fingerprint density at radius 2 is 1.39 bits per heavy atom. The van der Waals surface area contributed by atoms with E-state index < -0.39 is 26.1 Å². The summed E-state index contributed by atoms with van der Waals surface area (Å²) in [4.78, 5) is 0. The average Bonchev–Trinajstić information content (AvgIpc) is 2.68. The van der Waals surface area contributed by atoms with Crippen LogP contribution in [-0.2, 0) is 20.2 Å². The fourth-order valence-electron chi connectivity index (χ4n) is 3.32. The number of nitrogen functional groups attached to an aromatic ring is 1. The van der Waals surface area contributed by atoms with E-state index in [0.29, 0.717) is 27.8 Å². The molecule has 11 heteroatoms. The standard InChI is InChI=1S/C22H22FNO7S2/c1-13-11-17(14-5-8-16(9-6-14)30-32(3,25)26)21(29-2)22(31-33(4,27)28)20(13)15-7-10-19(24)18(23)12-15/h5-12H,24H2,1-4H3. The molecule has 0 fully saturated rings. The molecule has 0 amide bonds. The summed E-state index contributed by atoms with van der Waals surface area (Å²) >= 11 is 0. The molecule has 0 spiro atoms. The Morgan fingerprint density at radius 1 is 0.818 bits per heavy atom. The van der Waals surface area contributed by atoms with Crippen molar-refractivity contribution < 1.29 is 34.3 Å². The summed E-state index contributed by atoms with van der Waals surface area (Å²) in [6.45, 7) is 1.71. The van der Waals surface area contributed by atoms with Gasteiger partial charge in [0.15, 0.2) is 11.5 Å². The maximum absolute atomic E-state index is 14.2. The van der Waals surface area contributed by atoms with E-state index in [2.05, 4.69) is 0 Å². The molecule has 0 atom stereocenters. The molecule has 176 valence electrons. The van der Waals surface area contributed by atoms with Gasteiger partial charge in [-0.1, -0.05) is 18.2 Å². The van der Waals surface area contributed by atoms with Crippen molar-refractivity contribution in [3.8, 4) is 39.5 Å². The van der Waals surface area contributed by atoms with Crippen molar-refractivity contribution in [1.29, 1.82) is 0 Å². The van der Waals surface area contributed by atoms with Gasteiger partial charge in [0.1, 0.15) is 11.6 Å². The van der Waals surface area contributed by atoms with Crippen LogP contribution < -0.4 is 18.8 Å². The first-order valence-electron chi connectivity index (χ1n) is 9.45. The number of aryl methyl sites for hydroxylation is 1. The molecule has 3 aromatic rings. The molecule has 0 heterocycles. The highest BCUT2D eigenvalue weighted by Gasteiger charge is 2.24. The van der Waals surface area contributed by atoms with Gasteiger partial charge >= 0.3 is 20.2 Å². The van der Waals surface area contributed by atoms with Gasteiger partial charge in [-0.2, -0.15) is 16.8 Å². The van der Waals surface area contributed by atoms with Crippen molar-refractivity contribution in [3.05, 3.63) is 59.9 Å². The van der Waals surface area contributed by atoms with Crippen LogP contribution >= 0.6 is 0 Å². The van der Waals surface area contributed by atoms with Crippen molar-refractivity contribution in [2.24, 2.45) is 0 Å². The first-order valence-corrected chi connectivity index (χ1v) is 13.1. The van der Waals surface area contributed by atoms with E-state index in [9.17, 15) is 21.2 Å². The van der Waals surface area contributed by atoms with E-state index in [1.807, 2.05) is 0 Å². The molecular formula is C22H22FNO7S2. The Balaban J connectivity index is 2.26. The van der Waals surface area contributed by atoms with Crippen LogP contribution in [0.2, 0.25) is 0 Å². The monoisotopic (exact) mass is 495 g/mol. The van der Waals surface area contributed by atoms with Crippen LogP contribution in [-0.4, -0.2) is 36.5 Å². The largest absolute Gasteiger partial charge is 0.492 e. The van der Waals surface area contributed by atoms with Gasteiger partial charge in [-0.25, -0.2) is 4.39 Å². The number of anilines is 1. The highest BCUT2D eigenvalue weighted by molar-refractivity contribution is 7.86. The third kappa shape index (κ3) is 5.74. The van der Waals surface area contributed by atoms with Gasteiger partial charge < -0.3 is 18.8 Å². The van der Waals surface area contributed by atoms with Gasteiger partial charge in [0.05, 0.1) is 25.3 Å². The number of hydrogen-bond donors (Lipinski definition) is 1. The number of benzene rings is 3. The molecule has 0 aliphatic rings. The molecule has 0 saturated heterocycles. The van der Waals surface area contributed by atoms with Crippen LogP contribution in [0.25, 0.3) is 22.3 Å². The Hall–Kier alpha value is -3.31. The maximum atomic E-state index is 14.2. The van der Waals surface area contributed by atoms with Crippen LogP contribution in [0.1, 0.15) is 5.56 Å². The molecular weight excluding hydrogens is 473 g/mol. The van der Waals surface area contributed by atoms with Gasteiger partial charge in [-0.05, 0) is 53.9 Å². The fraction of sp³-hybridized carbons (Fsp3) is 0.182.